The second-order valence-electron chi connectivity index (χ2n) is 27.2. The van der Waals surface area contributed by atoms with E-state index in [0.717, 1.165) is 190 Å². The number of phenolic OH excluding ortho intramolecular Hbond substituents is 2. The molecule has 13 rings (SSSR count). The van der Waals surface area contributed by atoms with Gasteiger partial charge < -0.3 is 63.4 Å². The molecule has 0 saturated carbocycles. The molecule has 0 amide bonds. The SMILES string of the molecule is CC1(COCCCCBr)COC1.CC1(COCCCCOc2ccc(-c3ccc(N(c4ccc(OCCCCOCC5(C)COC5)cc4)c4ccc(-c5ccccc5)cc4)cc3)cc2)COC1.Oc1ccc(-c2ccc(N(c3ccc(O)cc3)c3ccc(-c4ccccc4)cc3)cc2)cc1.[K+].[OH-]. The van der Waals surface area contributed by atoms with Gasteiger partial charge in [-0.05, 0) is 204 Å². The van der Waals surface area contributed by atoms with Crippen LogP contribution in [0.1, 0.15) is 59.3 Å². The van der Waals surface area contributed by atoms with E-state index in [0.29, 0.717) is 18.6 Å². The first kappa shape index (κ1) is 79.0. The Bertz CT molecular complexity index is 3990. The van der Waals surface area contributed by atoms with Crippen molar-refractivity contribution in [1.29, 1.82) is 0 Å². The van der Waals surface area contributed by atoms with Gasteiger partial charge in [-0.3, -0.25) is 0 Å². The van der Waals surface area contributed by atoms with Crippen LogP contribution in [0.15, 0.2) is 255 Å². The molecule has 102 heavy (non-hydrogen) atoms. The molecule has 3 aliphatic heterocycles. The van der Waals surface area contributed by atoms with Crippen LogP contribution >= 0.6 is 15.9 Å². The van der Waals surface area contributed by atoms with Crippen molar-refractivity contribution in [2.75, 3.05) is 108 Å². The van der Waals surface area contributed by atoms with Crippen LogP contribution in [0.2, 0.25) is 0 Å². The summed E-state index contributed by atoms with van der Waals surface area (Å²) in [5, 5.41) is 20.4. The molecule has 3 aliphatic rings. The molecule has 10 aromatic carbocycles. The molecular formula is C87H96BrKN2O11. The van der Waals surface area contributed by atoms with Crippen molar-refractivity contribution in [3.8, 4) is 67.5 Å². The van der Waals surface area contributed by atoms with Crippen LogP contribution in [0, 0.1) is 16.2 Å². The summed E-state index contributed by atoms with van der Waals surface area (Å²) in [6.07, 6.45) is 6.23. The Morgan fingerprint density at radius 1 is 0.314 bits per heavy atom. The van der Waals surface area contributed by atoms with Gasteiger partial charge in [-0.2, -0.15) is 0 Å². The van der Waals surface area contributed by atoms with Crippen molar-refractivity contribution in [2.24, 2.45) is 16.2 Å². The summed E-state index contributed by atoms with van der Waals surface area (Å²) in [5.74, 6) is 2.25. The molecule has 3 heterocycles. The average Bonchev–Trinajstić information content (AvgIpc) is 0.799. The minimum absolute atomic E-state index is 0. The van der Waals surface area contributed by atoms with Crippen molar-refractivity contribution < 1.29 is 105 Å². The van der Waals surface area contributed by atoms with Crippen molar-refractivity contribution in [3.05, 3.63) is 255 Å². The number of phenols is 2. The van der Waals surface area contributed by atoms with Crippen LogP contribution in [0.3, 0.4) is 0 Å². The van der Waals surface area contributed by atoms with Crippen LogP contribution in [0.25, 0.3) is 44.5 Å². The maximum atomic E-state index is 9.79. The third-order valence-corrected chi connectivity index (χ3v) is 18.5. The topological polar surface area (TPSA) is 151 Å². The Morgan fingerprint density at radius 2 is 0.539 bits per heavy atom. The summed E-state index contributed by atoms with van der Waals surface area (Å²) in [6, 6.07) is 86.3. The first-order valence-electron chi connectivity index (χ1n) is 35.1. The van der Waals surface area contributed by atoms with E-state index in [2.05, 4.69) is 228 Å². The minimum Gasteiger partial charge on any atom is -0.870 e. The van der Waals surface area contributed by atoms with Gasteiger partial charge >= 0.3 is 51.4 Å². The van der Waals surface area contributed by atoms with Gasteiger partial charge in [0.15, 0.2) is 0 Å². The largest absolute Gasteiger partial charge is 1.00 e. The predicted octanol–water partition coefficient (Wildman–Crippen LogP) is 17.9. The number of nitrogens with zero attached hydrogens (tertiary/aromatic N) is 2. The Balaban J connectivity index is 0.000000216. The fourth-order valence-corrected chi connectivity index (χ4v) is 12.3. The van der Waals surface area contributed by atoms with E-state index in [1.54, 1.807) is 24.3 Å². The van der Waals surface area contributed by atoms with Crippen LogP contribution in [-0.2, 0) is 28.4 Å². The van der Waals surface area contributed by atoms with Crippen molar-refractivity contribution in [1.82, 2.24) is 0 Å². The van der Waals surface area contributed by atoms with E-state index >= 15 is 0 Å². The molecule has 528 valence electrons. The molecule has 3 saturated heterocycles. The zero-order chi connectivity index (χ0) is 69.3. The van der Waals surface area contributed by atoms with Gasteiger partial charge in [-0.25, -0.2) is 0 Å². The molecule has 0 atom stereocenters. The fourth-order valence-electron chi connectivity index (χ4n) is 11.9. The van der Waals surface area contributed by atoms with Gasteiger partial charge in [0, 0.05) is 75.5 Å². The summed E-state index contributed by atoms with van der Waals surface area (Å²) in [7, 11) is 0. The molecule has 0 radical (unpaired) electrons. The number of rotatable bonds is 32. The van der Waals surface area contributed by atoms with Gasteiger partial charge in [-0.1, -0.05) is 170 Å². The smallest absolute Gasteiger partial charge is 0.870 e. The Morgan fingerprint density at radius 3 is 0.824 bits per heavy atom. The molecule has 0 aromatic heterocycles. The zero-order valence-electron chi connectivity index (χ0n) is 59.5. The molecule has 3 fully saturated rings. The number of unbranched alkanes of at least 4 members (excludes halogenated alkanes) is 3. The summed E-state index contributed by atoms with van der Waals surface area (Å²) in [6.45, 7) is 17.7. The fraction of sp³-hybridized carbons (Fsp3) is 0.310. The van der Waals surface area contributed by atoms with E-state index < -0.39 is 0 Å². The summed E-state index contributed by atoms with van der Waals surface area (Å²) in [5.41, 5.74) is 16.1. The number of halogens is 1. The summed E-state index contributed by atoms with van der Waals surface area (Å²) >= 11 is 3.39. The first-order valence-corrected chi connectivity index (χ1v) is 36.2. The van der Waals surface area contributed by atoms with Crippen LogP contribution in [0.5, 0.6) is 23.0 Å². The number of ether oxygens (including phenoxy) is 8. The van der Waals surface area contributed by atoms with Crippen molar-refractivity contribution >= 4 is 50.1 Å². The van der Waals surface area contributed by atoms with Gasteiger partial charge in [0.2, 0.25) is 0 Å². The second-order valence-corrected chi connectivity index (χ2v) is 28.0. The van der Waals surface area contributed by atoms with Crippen LogP contribution in [0.4, 0.5) is 34.1 Å². The maximum Gasteiger partial charge on any atom is 1.00 e. The van der Waals surface area contributed by atoms with Gasteiger partial charge in [0.05, 0.1) is 72.7 Å². The third kappa shape index (κ3) is 23.4. The van der Waals surface area contributed by atoms with Gasteiger partial charge in [0.1, 0.15) is 23.0 Å². The van der Waals surface area contributed by atoms with E-state index in [4.69, 9.17) is 37.9 Å². The summed E-state index contributed by atoms with van der Waals surface area (Å²) < 4.78 is 45.1. The number of anilines is 6. The van der Waals surface area contributed by atoms with Crippen LogP contribution < -0.4 is 70.7 Å². The molecule has 0 bridgehead atoms. The number of aromatic hydroxyl groups is 2. The van der Waals surface area contributed by atoms with Crippen molar-refractivity contribution in [2.45, 2.75) is 59.3 Å². The van der Waals surface area contributed by atoms with E-state index in [1.165, 1.54) is 23.1 Å². The molecule has 13 nitrogen and oxygen atoms in total. The van der Waals surface area contributed by atoms with Gasteiger partial charge in [-0.15, -0.1) is 0 Å². The molecule has 15 heteroatoms. The van der Waals surface area contributed by atoms with Gasteiger partial charge in [0.25, 0.3) is 0 Å². The molecule has 10 aromatic rings. The average molecular weight is 1460 g/mol. The molecule has 0 spiro atoms. The monoisotopic (exact) mass is 1460 g/mol. The van der Waals surface area contributed by atoms with E-state index in [-0.39, 0.29) is 79.2 Å². The molecule has 0 aliphatic carbocycles. The molecule has 3 N–H and O–H groups in total. The van der Waals surface area contributed by atoms with Crippen LogP contribution in [-0.4, -0.2) is 114 Å². The normalized spacial score (nSPS) is 14.2. The molecule has 0 unspecified atom stereocenters. The summed E-state index contributed by atoms with van der Waals surface area (Å²) in [4.78, 5) is 4.45. The number of benzene rings is 10. The zero-order valence-corrected chi connectivity index (χ0v) is 64.2. The quantitative estimate of drug-likeness (QED) is 0.0234. The Kier molecular flexibility index (Phi) is 31.1. The number of alkyl halides is 1. The molecular weight excluding hydrogens is 1370 g/mol. The predicted molar refractivity (Wildman–Crippen MR) is 411 cm³/mol. The number of hydrogen-bond donors (Lipinski definition) is 2. The standard InChI is InChI=1S/C48H55NO6.C30H23NO2.C9H17BrO2.K.H2O/c1-47(34-52-35-47)32-50-28-6-8-30-54-45-24-16-41(17-25-45)40-14-20-43(21-15-40)49(42-18-12-39(13-19-42)38-10-4-3-5-11-38)44-22-26-46(27-23-44)55-31-9-7-29-51-33-48(2)36-53-37-48;32-29-18-10-25(11-19-29)24-8-14-27(15-9-24)31(28-16-20-30(33)21-17-28)26-12-6-23(7-13-26)22-4-2-1-3-5-22;1-9(7-12-8-9)6-11-5-3-2-4-10;;/h3-5,10-27H,6-9,28-37H2,1-2H3;1-21,32-33H;2-8H2,1H3;;1H2/q;;;+1;/p-1. The first-order chi connectivity index (χ1) is 48.9. The van der Waals surface area contributed by atoms with E-state index in [9.17, 15) is 10.2 Å². The van der Waals surface area contributed by atoms with E-state index in [1.807, 2.05) is 48.5 Å². The Labute approximate surface area is 654 Å². The number of hydrogen-bond acceptors (Lipinski definition) is 13. The third-order valence-electron chi connectivity index (χ3n) is 17.9. The minimum atomic E-state index is 0. The Hall–Kier alpha value is -7.16. The van der Waals surface area contributed by atoms with Crippen molar-refractivity contribution in [3.63, 3.8) is 0 Å². The second kappa shape index (κ2) is 40.2. The maximum absolute atomic E-state index is 9.79.